The van der Waals surface area contributed by atoms with Gasteiger partial charge in [-0.1, -0.05) is 41.9 Å². The number of aryl methyl sites for hydroxylation is 2. The molecule has 24 heavy (non-hydrogen) atoms. The van der Waals surface area contributed by atoms with Crippen molar-refractivity contribution in [2.75, 3.05) is 0 Å². The average Bonchev–Trinajstić information content (AvgIpc) is 3.24. The van der Waals surface area contributed by atoms with Crippen LogP contribution in [0, 0.1) is 6.92 Å². The van der Waals surface area contributed by atoms with Crippen LogP contribution in [0.15, 0.2) is 33.2 Å². The Hall–Kier alpha value is -2.35. The third-order valence-corrected chi connectivity index (χ3v) is 5.09. The quantitative estimate of drug-likeness (QED) is 0.677. The van der Waals surface area contributed by atoms with E-state index in [2.05, 4.69) is 20.3 Å². The highest BCUT2D eigenvalue weighted by atomic mass is 32.2. The van der Waals surface area contributed by atoms with Gasteiger partial charge < -0.3 is 8.94 Å². The molecule has 126 valence electrons. The molecule has 0 aliphatic rings. The zero-order chi connectivity index (χ0) is 17.1. The number of aromatic nitrogens is 4. The number of hydrogen-bond acceptors (Lipinski definition) is 7. The largest absolute Gasteiger partial charge is 0.424 e. The second kappa shape index (κ2) is 7.04. The zero-order valence-electron chi connectivity index (χ0n) is 13.7. The topological polar surface area (TPSA) is 94.9 Å². The van der Waals surface area contributed by atoms with E-state index in [0.717, 1.165) is 11.1 Å². The molecule has 0 aliphatic carbocycles. The summed E-state index contributed by atoms with van der Waals surface area (Å²) in [6, 6.07) is 7.81. The molecule has 8 heteroatoms. The molecule has 2 atom stereocenters. The lowest BCUT2D eigenvalue weighted by Crippen LogP contribution is -2.06. The molecule has 3 aromatic rings. The number of nitrogens with zero attached hydrogens (tertiary/aromatic N) is 4. The van der Waals surface area contributed by atoms with Gasteiger partial charge in [0.15, 0.2) is 0 Å². The van der Waals surface area contributed by atoms with Crippen LogP contribution in [0.5, 0.6) is 0 Å². The van der Waals surface area contributed by atoms with Crippen LogP contribution < -0.4 is 0 Å². The first-order chi connectivity index (χ1) is 11.6. The highest BCUT2D eigenvalue weighted by Crippen LogP contribution is 2.22. The first kappa shape index (κ1) is 16.5. The summed E-state index contributed by atoms with van der Waals surface area (Å²) in [5.41, 5.74) is 2.02. The van der Waals surface area contributed by atoms with Crippen molar-refractivity contribution in [3.63, 3.8) is 0 Å². The van der Waals surface area contributed by atoms with Crippen molar-refractivity contribution in [2.24, 2.45) is 0 Å². The highest BCUT2D eigenvalue weighted by Gasteiger charge is 2.22. The maximum absolute atomic E-state index is 12.5. The van der Waals surface area contributed by atoms with Crippen LogP contribution in [0.1, 0.15) is 42.3 Å². The van der Waals surface area contributed by atoms with Gasteiger partial charge in [-0.15, -0.1) is 10.2 Å². The van der Waals surface area contributed by atoms with E-state index in [1.165, 1.54) is 0 Å². The molecule has 0 amide bonds. The zero-order valence-corrected chi connectivity index (χ0v) is 14.5. The minimum Gasteiger partial charge on any atom is -0.424 e. The summed E-state index contributed by atoms with van der Waals surface area (Å²) >= 11 is 0. The van der Waals surface area contributed by atoms with Crippen LogP contribution in [0.4, 0.5) is 0 Å². The van der Waals surface area contributed by atoms with E-state index < -0.39 is 16.0 Å². The monoisotopic (exact) mass is 346 g/mol. The van der Waals surface area contributed by atoms with E-state index >= 15 is 0 Å². The molecule has 0 bridgehead atoms. The van der Waals surface area contributed by atoms with Crippen LogP contribution in [-0.2, 0) is 23.0 Å². The number of hydrogen-bond donors (Lipinski definition) is 0. The van der Waals surface area contributed by atoms with E-state index in [0.29, 0.717) is 29.9 Å². The molecule has 7 nitrogen and oxygen atoms in total. The van der Waals surface area contributed by atoms with E-state index in [1.807, 2.05) is 38.1 Å². The molecule has 2 heterocycles. The Bertz CT molecular complexity index is 841. The molecule has 0 fully saturated rings. The Kier molecular flexibility index (Phi) is 4.84. The Labute approximate surface area is 141 Å². The molecule has 0 saturated carbocycles. The maximum atomic E-state index is 12.5. The summed E-state index contributed by atoms with van der Waals surface area (Å²) in [6.07, 6.45) is 0.649. The second-order valence-corrected chi connectivity index (χ2v) is 7.19. The predicted molar refractivity (Wildman–Crippen MR) is 88.4 cm³/mol. The number of benzene rings is 1. The third-order valence-electron chi connectivity index (χ3n) is 3.57. The molecule has 0 saturated heterocycles. The number of rotatable bonds is 6. The lowest BCUT2D eigenvalue weighted by molar-refractivity contribution is 0.390. The predicted octanol–water partition coefficient (Wildman–Crippen LogP) is 3.00. The van der Waals surface area contributed by atoms with Gasteiger partial charge in [0.1, 0.15) is 11.0 Å². The fraction of sp³-hybridized carbons (Fsp3) is 0.375. The standard InChI is InChI=1S/C16H18N4O3S/c1-4-13-18-19-16(22-13)11(3)24(21)9-14-17-15(20-23-14)12-7-5-10(2)6-8-12/h5-8,11H,4,9H2,1-3H3/t11-,24-/m1/s1. The fourth-order valence-electron chi connectivity index (χ4n) is 2.07. The molecular formula is C16H18N4O3S. The van der Waals surface area contributed by atoms with Gasteiger partial charge in [-0.3, -0.25) is 4.21 Å². The van der Waals surface area contributed by atoms with Gasteiger partial charge in [0.05, 0.1) is 0 Å². The van der Waals surface area contributed by atoms with Gasteiger partial charge in [-0.05, 0) is 13.8 Å². The Morgan fingerprint density at radius 3 is 2.58 bits per heavy atom. The van der Waals surface area contributed by atoms with Crippen LogP contribution in [-0.4, -0.2) is 24.5 Å². The van der Waals surface area contributed by atoms with Crippen molar-refractivity contribution in [1.82, 2.24) is 20.3 Å². The summed E-state index contributed by atoms with van der Waals surface area (Å²) in [5, 5.41) is 11.4. The van der Waals surface area contributed by atoms with Crippen molar-refractivity contribution >= 4 is 10.8 Å². The summed E-state index contributed by atoms with van der Waals surface area (Å²) in [7, 11) is -1.29. The Morgan fingerprint density at radius 2 is 1.92 bits per heavy atom. The lowest BCUT2D eigenvalue weighted by atomic mass is 10.1. The molecule has 0 unspecified atom stereocenters. The maximum Gasteiger partial charge on any atom is 0.239 e. The minimum atomic E-state index is -1.29. The summed E-state index contributed by atoms with van der Waals surface area (Å²) in [6.45, 7) is 5.71. The minimum absolute atomic E-state index is 0.143. The van der Waals surface area contributed by atoms with Crippen molar-refractivity contribution in [3.05, 3.63) is 47.5 Å². The van der Waals surface area contributed by atoms with Crippen molar-refractivity contribution in [3.8, 4) is 11.4 Å². The van der Waals surface area contributed by atoms with E-state index in [-0.39, 0.29) is 5.75 Å². The van der Waals surface area contributed by atoms with Crippen LogP contribution in [0.2, 0.25) is 0 Å². The first-order valence-electron chi connectivity index (χ1n) is 7.66. The smallest absolute Gasteiger partial charge is 0.239 e. The molecule has 0 radical (unpaired) electrons. The molecule has 0 N–H and O–H groups in total. The van der Waals surface area contributed by atoms with Crippen LogP contribution in [0.3, 0.4) is 0 Å². The van der Waals surface area contributed by atoms with Crippen LogP contribution in [0.25, 0.3) is 11.4 Å². The average molecular weight is 346 g/mol. The summed E-state index contributed by atoms with van der Waals surface area (Å²) in [4.78, 5) is 4.31. The summed E-state index contributed by atoms with van der Waals surface area (Å²) in [5.74, 6) is 1.85. The van der Waals surface area contributed by atoms with Gasteiger partial charge in [0, 0.05) is 22.8 Å². The normalized spacial score (nSPS) is 13.8. The van der Waals surface area contributed by atoms with E-state index in [1.54, 1.807) is 6.92 Å². The lowest BCUT2D eigenvalue weighted by Gasteiger charge is -2.04. The Morgan fingerprint density at radius 1 is 1.17 bits per heavy atom. The molecule has 1 aromatic carbocycles. The SMILES string of the molecule is CCc1nnc([C@@H](C)[S@](=O)Cc2nc(-c3ccc(C)cc3)no2)o1. The van der Waals surface area contributed by atoms with Crippen molar-refractivity contribution in [1.29, 1.82) is 0 Å². The summed E-state index contributed by atoms with van der Waals surface area (Å²) < 4.78 is 23.1. The fourth-order valence-corrected chi connectivity index (χ4v) is 3.00. The van der Waals surface area contributed by atoms with E-state index in [9.17, 15) is 4.21 Å². The van der Waals surface area contributed by atoms with Gasteiger partial charge in [0.2, 0.25) is 23.5 Å². The molecular weight excluding hydrogens is 328 g/mol. The molecule has 3 rings (SSSR count). The highest BCUT2D eigenvalue weighted by molar-refractivity contribution is 7.84. The van der Waals surface area contributed by atoms with Crippen molar-refractivity contribution in [2.45, 2.75) is 38.2 Å². The van der Waals surface area contributed by atoms with Crippen LogP contribution >= 0.6 is 0 Å². The molecule has 0 spiro atoms. The molecule has 2 aromatic heterocycles. The first-order valence-corrected chi connectivity index (χ1v) is 9.04. The van der Waals surface area contributed by atoms with Gasteiger partial charge in [-0.25, -0.2) is 0 Å². The Balaban J connectivity index is 1.69. The van der Waals surface area contributed by atoms with Gasteiger partial charge in [-0.2, -0.15) is 4.98 Å². The van der Waals surface area contributed by atoms with Crippen molar-refractivity contribution < 1.29 is 13.1 Å². The third kappa shape index (κ3) is 3.59. The second-order valence-electron chi connectivity index (χ2n) is 5.43. The molecule has 0 aliphatic heterocycles. The van der Waals surface area contributed by atoms with Gasteiger partial charge in [0.25, 0.3) is 0 Å². The van der Waals surface area contributed by atoms with E-state index in [4.69, 9.17) is 8.94 Å². The van der Waals surface area contributed by atoms with Gasteiger partial charge >= 0.3 is 0 Å².